The van der Waals surface area contributed by atoms with E-state index in [0.29, 0.717) is 5.92 Å². The van der Waals surface area contributed by atoms with Crippen LogP contribution in [0, 0.1) is 0 Å². The summed E-state index contributed by atoms with van der Waals surface area (Å²) in [4.78, 5) is 0. The second-order valence-electron chi connectivity index (χ2n) is 6.33. The first-order valence-electron chi connectivity index (χ1n) is 9.11. The summed E-state index contributed by atoms with van der Waals surface area (Å²) in [6, 6.07) is 8.99. The highest BCUT2D eigenvalue weighted by Gasteiger charge is 2.01. The summed E-state index contributed by atoms with van der Waals surface area (Å²) in [5, 5.41) is 3.54. The summed E-state index contributed by atoms with van der Waals surface area (Å²) in [5.41, 5.74) is 2.72. The van der Waals surface area contributed by atoms with E-state index in [1.807, 2.05) is 0 Å². The topological polar surface area (TPSA) is 12.0 Å². The second kappa shape index (κ2) is 11.7. The average molecular weight is 290 g/mol. The Morgan fingerprint density at radius 1 is 0.810 bits per heavy atom. The molecule has 0 heterocycles. The van der Waals surface area contributed by atoms with E-state index in [0.717, 1.165) is 6.54 Å². The van der Waals surface area contributed by atoms with Crippen molar-refractivity contribution in [3.05, 3.63) is 29.8 Å². The lowest BCUT2D eigenvalue weighted by Crippen LogP contribution is -2.01. The van der Waals surface area contributed by atoms with Crippen LogP contribution in [0.1, 0.15) is 90.0 Å². The Bertz CT molecular complexity index is 341. The zero-order valence-corrected chi connectivity index (χ0v) is 14.5. The number of hydrogen-bond donors (Lipinski definition) is 1. The minimum atomic E-state index is 0.673. The zero-order chi connectivity index (χ0) is 15.3. The quantitative estimate of drug-likeness (QED) is 0.419. The van der Waals surface area contributed by atoms with Crippen molar-refractivity contribution < 1.29 is 0 Å². The lowest BCUT2D eigenvalue weighted by Gasteiger charge is -2.11. The minimum Gasteiger partial charge on any atom is -0.385 e. The third-order valence-corrected chi connectivity index (χ3v) is 4.45. The minimum absolute atomic E-state index is 0.673. The number of benzene rings is 1. The Morgan fingerprint density at radius 3 is 1.95 bits per heavy atom. The van der Waals surface area contributed by atoms with Crippen molar-refractivity contribution in [3.8, 4) is 0 Å². The van der Waals surface area contributed by atoms with E-state index < -0.39 is 0 Å². The fourth-order valence-corrected chi connectivity index (χ4v) is 2.66. The molecule has 0 saturated carbocycles. The number of anilines is 1. The molecule has 0 radical (unpaired) electrons. The maximum absolute atomic E-state index is 3.54. The molecule has 1 rings (SSSR count). The standard InChI is InChI=1S/C20H35N/c1-4-6-7-8-9-10-11-12-17-21-20-15-13-19(14-16-20)18(3)5-2/h13-16,18,21H,4-12,17H2,1-3H3. The fraction of sp³-hybridized carbons (Fsp3) is 0.700. The lowest BCUT2D eigenvalue weighted by atomic mass is 9.99. The molecule has 1 nitrogen and oxygen atoms in total. The van der Waals surface area contributed by atoms with Crippen molar-refractivity contribution in [2.75, 3.05) is 11.9 Å². The Balaban J connectivity index is 2.05. The van der Waals surface area contributed by atoms with Crippen molar-refractivity contribution in [1.82, 2.24) is 0 Å². The zero-order valence-electron chi connectivity index (χ0n) is 14.5. The van der Waals surface area contributed by atoms with Gasteiger partial charge in [-0.3, -0.25) is 0 Å². The van der Waals surface area contributed by atoms with E-state index in [-0.39, 0.29) is 0 Å². The van der Waals surface area contributed by atoms with Crippen LogP contribution >= 0.6 is 0 Å². The summed E-state index contributed by atoms with van der Waals surface area (Å²) in [6.45, 7) is 7.93. The van der Waals surface area contributed by atoms with Crippen molar-refractivity contribution in [3.63, 3.8) is 0 Å². The molecule has 0 fully saturated rings. The second-order valence-corrected chi connectivity index (χ2v) is 6.33. The van der Waals surface area contributed by atoms with Crippen LogP contribution in [-0.4, -0.2) is 6.54 Å². The Hall–Kier alpha value is -0.980. The molecule has 1 N–H and O–H groups in total. The van der Waals surface area contributed by atoms with E-state index >= 15 is 0 Å². The summed E-state index contributed by atoms with van der Waals surface area (Å²) < 4.78 is 0. The van der Waals surface area contributed by atoms with Crippen LogP contribution in [-0.2, 0) is 0 Å². The maximum atomic E-state index is 3.54. The third-order valence-electron chi connectivity index (χ3n) is 4.45. The molecule has 0 aliphatic carbocycles. The van der Waals surface area contributed by atoms with Crippen LogP contribution in [0.5, 0.6) is 0 Å². The molecule has 1 unspecified atom stereocenters. The van der Waals surface area contributed by atoms with Gasteiger partial charge in [-0.2, -0.15) is 0 Å². The highest BCUT2D eigenvalue weighted by molar-refractivity contribution is 5.45. The largest absolute Gasteiger partial charge is 0.385 e. The van der Waals surface area contributed by atoms with Gasteiger partial charge in [0.05, 0.1) is 0 Å². The van der Waals surface area contributed by atoms with Crippen molar-refractivity contribution >= 4 is 5.69 Å². The molecular weight excluding hydrogens is 254 g/mol. The molecule has 0 aromatic heterocycles. The number of hydrogen-bond acceptors (Lipinski definition) is 1. The van der Waals surface area contributed by atoms with Gasteiger partial charge < -0.3 is 5.32 Å². The molecule has 0 spiro atoms. The van der Waals surface area contributed by atoms with Crippen molar-refractivity contribution in [1.29, 1.82) is 0 Å². The third kappa shape index (κ3) is 8.14. The van der Waals surface area contributed by atoms with Gasteiger partial charge in [-0.05, 0) is 36.5 Å². The van der Waals surface area contributed by atoms with Gasteiger partial charge in [0, 0.05) is 12.2 Å². The van der Waals surface area contributed by atoms with Crippen LogP contribution in [0.25, 0.3) is 0 Å². The van der Waals surface area contributed by atoms with Gasteiger partial charge in [0.1, 0.15) is 0 Å². The molecule has 0 aliphatic heterocycles. The number of nitrogens with one attached hydrogen (secondary N) is 1. The highest BCUT2D eigenvalue weighted by Crippen LogP contribution is 2.20. The molecule has 0 saturated heterocycles. The van der Waals surface area contributed by atoms with Gasteiger partial charge >= 0.3 is 0 Å². The van der Waals surface area contributed by atoms with Gasteiger partial charge in [0.2, 0.25) is 0 Å². The van der Waals surface area contributed by atoms with E-state index in [4.69, 9.17) is 0 Å². The molecule has 1 aromatic carbocycles. The number of rotatable bonds is 12. The maximum Gasteiger partial charge on any atom is 0.0340 e. The smallest absolute Gasteiger partial charge is 0.0340 e. The first-order chi connectivity index (χ1) is 10.3. The van der Waals surface area contributed by atoms with Crippen molar-refractivity contribution in [2.45, 2.75) is 84.5 Å². The molecule has 120 valence electrons. The Morgan fingerprint density at radius 2 is 1.38 bits per heavy atom. The van der Waals surface area contributed by atoms with Crippen molar-refractivity contribution in [2.24, 2.45) is 0 Å². The van der Waals surface area contributed by atoms with E-state index in [9.17, 15) is 0 Å². The predicted molar refractivity (Wildman–Crippen MR) is 96.2 cm³/mol. The summed E-state index contributed by atoms with van der Waals surface area (Å²) in [5.74, 6) is 0.673. The molecule has 1 heteroatoms. The molecule has 0 amide bonds. The average Bonchev–Trinajstić information content (AvgIpc) is 2.53. The monoisotopic (exact) mass is 289 g/mol. The number of unbranched alkanes of at least 4 members (excludes halogenated alkanes) is 7. The van der Waals surface area contributed by atoms with E-state index in [1.54, 1.807) is 0 Å². The normalized spacial score (nSPS) is 12.3. The van der Waals surface area contributed by atoms with Gasteiger partial charge in [-0.1, -0.05) is 77.8 Å². The Kier molecular flexibility index (Phi) is 10.0. The molecule has 1 atom stereocenters. The molecular formula is C20H35N. The first kappa shape index (κ1) is 18.1. The summed E-state index contributed by atoms with van der Waals surface area (Å²) >= 11 is 0. The van der Waals surface area contributed by atoms with Gasteiger partial charge in [-0.25, -0.2) is 0 Å². The van der Waals surface area contributed by atoms with E-state index in [2.05, 4.69) is 50.4 Å². The van der Waals surface area contributed by atoms with Crippen LogP contribution in [0.2, 0.25) is 0 Å². The predicted octanol–water partition coefficient (Wildman–Crippen LogP) is 6.75. The fourth-order valence-electron chi connectivity index (χ4n) is 2.66. The van der Waals surface area contributed by atoms with Gasteiger partial charge in [0.15, 0.2) is 0 Å². The first-order valence-corrected chi connectivity index (χ1v) is 9.11. The van der Waals surface area contributed by atoms with Gasteiger partial charge in [-0.15, -0.1) is 0 Å². The molecule has 1 aromatic rings. The highest BCUT2D eigenvalue weighted by atomic mass is 14.9. The molecule has 21 heavy (non-hydrogen) atoms. The lowest BCUT2D eigenvalue weighted by molar-refractivity contribution is 0.581. The van der Waals surface area contributed by atoms with E-state index in [1.165, 1.54) is 69.0 Å². The molecule has 0 aliphatic rings. The molecule has 0 bridgehead atoms. The van der Waals surface area contributed by atoms with Crippen LogP contribution in [0.15, 0.2) is 24.3 Å². The van der Waals surface area contributed by atoms with Crippen LogP contribution in [0.3, 0.4) is 0 Å². The van der Waals surface area contributed by atoms with Crippen LogP contribution < -0.4 is 5.32 Å². The van der Waals surface area contributed by atoms with Gasteiger partial charge in [0.25, 0.3) is 0 Å². The summed E-state index contributed by atoms with van der Waals surface area (Å²) in [6.07, 6.45) is 12.3. The van der Waals surface area contributed by atoms with Crippen LogP contribution in [0.4, 0.5) is 5.69 Å². The Labute approximate surface area is 132 Å². The summed E-state index contributed by atoms with van der Waals surface area (Å²) in [7, 11) is 0. The SMILES string of the molecule is CCCCCCCCCCNc1ccc(C(C)CC)cc1.